The lowest BCUT2D eigenvalue weighted by Crippen LogP contribution is -2.54. The van der Waals surface area contributed by atoms with E-state index in [1.54, 1.807) is 7.11 Å². The highest BCUT2D eigenvalue weighted by Gasteiger charge is 2.57. The molecule has 3 aliphatic rings. The van der Waals surface area contributed by atoms with Crippen molar-refractivity contribution in [2.24, 2.45) is 5.41 Å². The molecule has 0 aliphatic heterocycles. The SMILES string of the molecule is COCCCN(C[C@@H](O)COCc1ccccc1)C[C@]1(O)CC[C@H]2c3ccc(cc3C(=O)c3ccccc3-c3ccccc3)C[C@@H](O)CCC(C)=CCC[C@@]21C. The molecule has 3 N–H and O–H groups in total. The summed E-state index contributed by atoms with van der Waals surface area (Å²) in [5, 5.41) is 35.4. The second kappa shape index (κ2) is 19.5. The normalized spacial score (nSPS) is 23.4. The molecule has 1 fully saturated rings. The first-order valence-electron chi connectivity index (χ1n) is 20.5. The number of hydrogen-bond acceptors (Lipinski definition) is 7. The quantitative estimate of drug-likeness (QED) is 0.0635. The number of methoxy groups -OCH3 is 1. The van der Waals surface area contributed by atoms with Gasteiger partial charge in [-0.15, -0.1) is 0 Å². The smallest absolute Gasteiger partial charge is 0.193 e. The van der Waals surface area contributed by atoms with E-state index < -0.39 is 23.2 Å². The highest BCUT2D eigenvalue weighted by atomic mass is 16.5. The van der Waals surface area contributed by atoms with Gasteiger partial charge in [0.05, 0.1) is 31.0 Å². The molecular formula is C49H61NO6. The lowest BCUT2D eigenvalue weighted by molar-refractivity contribution is -0.0913. The minimum Gasteiger partial charge on any atom is -0.393 e. The van der Waals surface area contributed by atoms with Crippen LogP contribution in [0.2, 0.25) is 0 Å². The van der Waals surface area contributed by atoms with Gasteiger partial charge in [0.2, 0.25) is 0 Å². The average Bonchev–Trinajstić information content (AvgIpc) is 3.45. The van der Waals surface area contributed by atoms with Crippen LogP contribution in [0.1, 0.15) is 97.3 Å². The highest BCUT2D eigenvalue weighted by molar-refractivity contribution is 6.13. The molecule has 298 valence electrons. The Kier molecular flexibility index (Phi) is 14.5. The Bertz CT molecular complexity index is 1900. The molecule has 0 amide bonds. The molecular weight excluding hydrogens is 699 g/mol. The fourth-order valence-electron chi connectivity index (χ4n) is 9.17. The van der Waals surface area contributed by atoms with Crippen LogP contribution in [0.4, 0.5) is 0 Å². The summed E-state index contributed by atoms with van der Waals surface area (Å²) >= 11 is 0. The Hall–Kier alpha value is -3.95. The van der Waals surface area contributed by atoms with E-state index in [-0.39, 0.29) is 18.3 Å². The van der Waals surface area contributed by atoms with Crippen LogP contribution in [-0.4, -0.2) is 83.8 Å². The van der Waals surface area contributed by atoms with Crippen LogP contribution >= 0.6 is 0 Å². The number of rotatable bonds is 15. The topological polar surface area (TPSA) is 99.5 Å². The lowest BCUT2D eigenvalue weighted by atomic mass is 9.64. The summed E-state index contributed by atoms with van der Waals surface area (Å²) in [6, 6.07) is 34.0. The number of hydrogen-bond donors (Lipinski definition) is 3. The van der Waals surface area contributed by atoms with Gasteiger partial charge in [0.15, 0.2) is 5.78 Å². The van der Waals surface area contributed by atoms with E-state index in [1.165, 1.54) is 5.57 Å². The van der Waals surface area contributed by atoms with Gasteiger partial charge in [-0.1, -0.05) is 116 Å². The lowest BCUT2D eigenvalue weighted by Gasteiger charge is -2.46. The molecule has 0 radical (unpaired) electrons. The van der Waals surface area contributed by atoms with E-state index in [9.17, 15) is 20.1 Å². The summed E-state index contributed by atoms with van der Waals surface area (Å²) in [6.07, 6.45) is 6.45. The maximum atomic E-state index is 15.0. The van der Waals surface area contributed by atoms with Gasteiger partial charge in [0.25, 0.3) is 0 Å². The van der Waals surface area contributed by atoms with Gasteiger partial charge < -0.3 is 24.8 Å². The Labute approximate surface area is 334 Å². The predicted molar refractivity (Wildman–Crippen MR) is 224 cm³/mol. The van der Waals surface area contributed by atoms with Crippen molar-refractivity contribution in [2.75, 3.05) is 40.0 Å². The number of carbonyl (C=O) groups excluding carboxylic acids is 1. The van der Waals surface area contributed by atoms with Crippen LogP contribution in [0.25, 0.3) is 11.1 Å². The van der Waals surface area contributed by atoms with E-state index in [2.05, 4.69) is 37.0 Å². The third-order valence-electron chi connectivity index (χ3n) is 12.4. The number of nitrogens with zero attached hydrogens (tertiary/aromatic N) is 1. The van der Waals surface area contributed by atoms with Crippen LogP contribution in [0, 0.1) is 5.41 Å². The molecule has 2 bridgehead atoms. The molecule has 3 aliphatic carbocycles. The molecule has 7 rings (SSSR count). The van der Waals surface area contributed by atoms with Crippen LogP contribution in [0.5, 0.6) is 0 Å². The van der Waals surface area contributed by atoms with Crippen LogP contribution < -0.4 is 0 Å². The van der Waals surface area contributed by atoms with Crippen molar-refractivity contribution in [1.82, 2.24) is 4.90 Å². The number of fused-ring (bicyclic) bond motifs is 8. The van der Waals surface area contributed by atoms with Crippen molar-refractivity contribution >= 4 is 5.78 Å². The third-order valence-corrected chi connectivity index (χ3v) is 12.4. The van der Waals surface area contributed by atoms with Gasteiger partial charge in [0, 0.05) is 49.9 Å². The van der Waals surface area contributed by atoms with Crippen molar-refractivity contribution in [1.29, 1.82) is 0 Å². The zero-order valence-electron chi connectivity index (χ0n) is 33.5. The van der Waals surface area contributed by atoms with Crippen LogP contribution in [0.15, 0.2) is 115 Å². The zero-order valence-corrected chi connectivity index (χ0v) is 33.5. The van der Waals surface area contributed by atoms with Gasteiger partial charge in [-0.3, -0.25) is 9.69 Å². The number of aliphatic hydroxyl groups excluding tert-OH is 2. The van der Waals surface area contributed by atoms with Crippen molar-refractivity contribution in [2.45, 2.75) is 95.5 Å². The fraction of sp³-hybridized carbons (Fsp3) is 0.449. The number of ether oxygens (including phenoxy) is 2. The summed E-state index contributed by atoms with van der Waals surface area (Å²) in [6.45, 7) is 6.94. The summed E-state index contributed by atoms with van der Waals surface area (Å²) < 4.78 is 11.3. The Morgan fingerprint density at radius 1 is 0.929 bits per heavy atom. The minimum atomic E-state index is -1.11. The largest absolute Gasteiger partial charge is 0.393 e. The van der Waals surface area contributed by atoms with E-state index >= 15 is 0 Å². The first-order chi connectivity index (χ1) is 27.1. The Morgan fingerprint density at radius 2 is 1.66 bits per heavy atom. The van der Waals surface area contributed by atoms with Gasteiger partial charge in [-0.25, -0.2) is 0 Å². The predicted octanol–water partition coefficient (Wildman–Crippen LogP) is 8.54. The number of allylic oxidation sites excluding steroid dienone is 2. The molecule has 7 heteroatoms. The molecule has 4 aromatic rings. The molecule has 7 nitrogen and oxygen atoms in total. The van der Waals surface area contributed by atoms with E-state index in [0.717, 1.165) is 53.5 Å². The summed E-state index contributed by atoms with van der Waals surface area (Å²) in [5.74, 6) is -0.151. The number of aliphatic hydroxyl groups is 3. The van der Waals surface area contributed by atoms with Crippen molar-refractivity contribution in [3.05, 3.63) is 143 Å². The molecule has 56 heavy (non-hydrogen) atoms. The summed E-state index contributed by atoms with van der Waals surface area (Å²) in [5.41, 5.74) is 5.62. The van der Waals surface area contributed by atoms with E-state index in [4.69, 9.17) is 9.47 Å². The second-order valence-electron chi connectivity index (χ2n) is 16.4. The molecule has 4 aromatic carbocycles. The zero-order chi connectivity index (χ0) is 39.5. The van der Waals surface area contributed by atoms with Gasteiger partial charge in [-0.2, -0.15) is 0 Å². The molecule has 0 spiro atoms. The molecule has 5 atom stereocenters. The van der Waals surface area contributed by atoms with Crippen molar-refractivity contribution in [3.8, 4) is 11.1 Å². The number of ketones is 1. The van der Waals surface area contributed by atoms with Gasteiger partial charge >= 0.3 is 0 Å². The molecule has 0 heterocycles. The van der Waals surface area contributed by atoms with Crippen molar-refractivity contribution in [3.63, 3.8) is 0 Å². The molecule has 0 aromatic heterocycles. The molecule has 0 saturated heterocycles. The standard InChI is InChI=1S/C49H61NO6/c1-36-14-12-26-48(2)46(25-27-49(48,54)35-50(28-13-29-55-3)32-41(52)34-56-33-37-15-6-4-7-16-37)43-24-22-38(30-40(51)23-21-36)31-45(43)47(53)44-20-11-10-19-42(44)39-17-8-5-9-18-39/h4-11,14-20,22,24,31,40-41,46,51-52,54H,12-13,21,23,25-30,32-35H2,1-3H3/t40-,41+,46-,48-,49+/m0/s1. The number of benzene rings is 4. The average molecular weight is 760 g/mol. The second-order valence-corrected chi connectivity index (χ2v) is 16.4. The summed E-state index contributed by atoms with van der Waals surface area (Å²) in [7, 11) is 1.69. The van der Waals surface area contributed by atoms with Crippen LogP contribution in [-0.2, 0) is 22.5 Å². The van der Waals surface area contributed by atoms with Crippen LogP contribution in [0.3, 0.4) is 0 Å². The Morgan fingerprint density at radius 3 is 2.43 bits per heavy atom. The van der Waals surface area contributed by atoms with E-state index in [0.29, 0.717) is 69.7 Å². The fourth-order valence-corrected chi connectivity index (χ4v) is 9.17. The summed E-state index contributed by atoms with van der Waals surface area (Å²) in [4.78, 5) is 17.2. The molecule has 1 saturated carbocycles. The first-order valence-corrected chi connectivity index (χ1v) is 20.5. The third kappa shape index (κ3) is 10.1. The number of carbonyl (C=O) groups is 1. The Balaban J connectivity index is 1.35. The maximum absolute atomic E-state index is 15.0. The van der Waals surface area contributed by atoms with Gasteiger partial charge in [-0.05, 0) is 98.1 Å². The minimum absolute atomic E-state index is 0.0452. The maximum Gasteiger partial charge on any atom is 0.193 e. The van der Waals surface area contributed by atoms with Crippen molar-refractivity contribution < 1.29 is 29.6 Å². The van der Waals surface area contributed by atoms with E-state index in [1.807, 2.05) is 91.0 Å². The highest BCUT2D eigenvalue weighted by Crippen LogP contribution is 2.59. The monoisotopic (exact) mass is 759 g/mol. The molecule has 0 unspecified atom stereocenters. The van der Waals surface area contributed by atoms with Gasteiger partial charge in [0.1, 0.15) is 0 Å². The first kappa shape index (κ1) is 41.7.